The monoisotopic (exact) mass is 422 g/mol. The topological polar surface area (TPSA) is 59.9 Å². The Kier molecular flexibility index (Phi) is 7.46. The number of hydrazone groups is 1. The van der Waals surface area contributed by atoms with Crippen LogP contribution in [0, 0.1) is 6.92 Å². The zero-order chi connectivity index (χ0) is 21.3. The van der Waals surface area contributed by atoms with E-state index in [1.165, 1.54) is 5.56 Å². The second-order valence-electron chi connectivity index (χ2n) is 6.78. The quantitative estimate of drug-likeness (QED) is 0.413. The van der Waals surface area contributed by atoms with Crippen molar-refractivity contribution >= 4 is 23.7 Å². The summed E-state index contributed by atoms with van der Waals surface area (Å²) in [7, 11) is 1.59. The zero-order valence-electron chi connectivity index (χ0n) is 16.9. The first-order valence-corrected chi connectivity index (χ1v) is 9.84. The molecular formula is C24H23ClN2O3. The van der Waals surface area contributed by atoms with Gasteiger partial charge in [0.2, 0.25) is 5.91 Å². The lowest BCUT2D eigenvalue weighted by Crippen LogP contribution is -2.19. The molecule has 1 amide bonds. The standard InChI is InChI=1S/C24H23ClN2O3/c1-17-3-5-19(6-4-17)16-30-22-12-9-20(13-23(22)29-2)15-26-27-24(28)14-18-7-10-21(25)11-8-18/h3-13,15H,14,16H2,1-2H3,(H,27,28)/b26-15-. The molecule has 3 rings (SSSR count). The summed E-state index contributed by atoms with van der Waals surface area (Å²) in [5.41, 5.74) is 6.46. The van der Waals surface area contributed by atoms with Crippen molar-refractivity contribution < 1.29 is 14.3 Å². The Morgan fingerprint density at radius 3 is 2.40 bits per heavy atom. The maximum Gasteiger partial charge on any atom is 0.244 e. The summed E-state index contributed by atoms with van der Waals surface area (Å²) in [6.07, 6.45) is 1.79. The van der Waals surface area contributed by atoms with Gasteiger partial charge in [0.25, 0.3) is 0 Å². The molecule has 0 saturated carbocycles. The Balaban J connectivity index is 1.56. The molecule has 0 heterocycles. The smallest absolute Gasteiger partial charge is 0.244 e. The highest BCUT2D eigenvalue weighted by Crippen LogP contribution is 2.28. The Morgan fingerprint density at radius 2 is 1.70 bits per heavy atom. The molecule has 3 aromatic rings. The van der Waals surface area contributed by atoms with Crippen LogP contribution in [0.3, 0.4) is 0 Å². The average Bonchev–Trinajstić information content (AvgIpc) is 2.75. The maximum absolute atomic E-state index is 12.0. The van der Waals surface area contributed by atoms with Crippen molar-refractivity contribution in [1.29, 1.82) is 0 Å². The van der Waals surface area contributed by atoms with E-state index < -0.39 is 0 Å². The molecule has 5 nitrogen and oxygen atoms in total. The van der Waals surface area contributed by atoms with Gasteiger partial charge >= 0.3 is 0 Å². The number of benzene rings is 3. The van der Waals surface area contributed by atoms with Crippen LogP contribution in [-0.4, -0.2) is 19.2 Å². The summed E-state index contributed by atoms with van der Waals surface area (Å²) in [6, 6.07) is 20.8. The van der Waals surface area contributed by atoms with Gasteiger partial charge in [0.05, 0.1) is 19.7 Å². The number of aryl methyl sites for hydroxylation is 1. The van der Waals surface area contributed by atoms with Crippen LogP contribution in [0.15, 0.2) is 71.8 Å². The number of ether oxygens (including phenoxy) is 2. The Morgan fingerprint density at radius 1 is 1.00 bits per heavy atom. The number of nitrogens with zero attached hydrogens (tertiary/aromatic N) is 1. The van der Waals surface area contributed by atoms with Gasteiger partial charge in [-0.05, 0) is 53.9 Å². The molecule has 0 atom stereocenters. The molecule has 0 aromatic heterocycles. The number of nitrogens with one attached hydrogen (secondary N) is 1. The Labute approximate surface area is 181 Å². The van der Waals surface area contributed by atoms with E-state index in [0.29, 0.717) is 23.1 Å². The molecule has 0 fully saturated rings. The van der Waals surface area contributed by atoms with Crippen molar-refractivity contribution in [3.8, 4) is 11.5 Å². The summed E-state index contributed by atoms with van der Waals surface area (Å²) in [5, 5.41) is 4.65. The lowest BCUT2D eigenvalue weighted by atomic mass is 10.1. The van der Waals surface area contributed by atoms with Gasteiger partial charge in [-0.1, -0.05) is 53.6 Å². The van der Waals surface area contributed by atoms with Crippen molar-refractivity contribution in [3.63, 3.8) is 0 Å². The van der Waals surface area contributed by atoms with E-state index in [-0.39, 0.29) is 12.3 Å². The van der Waals surface area contributed by atoms with Crippen LogP contribution < -0.4 is 14.9 Å². The predicted molar refractivity (Wildman–Crippen MR) is 119 cm³/mol. The van der Waals surface area contributed by atoms with Crippen LogP contribution in [-0.2, 0) is 17.8 Å². The average molecular weight is 423 g/mol. The van der Waals surface area contributed by atoms with Gasteiger partial charge in [0.1, 0.15) is 6.61 Å². The third-order valence-corrected chi connectivity index (χ3v) is 4.64. The number of methoxy groups -OCH3 is 1. The molecule has 30 heavy (non-hydrogen) atoms. The Hall–Kier alpha value is -3.31. The lowest BCUT2D eigenvalue weighted by Gasteiger charge is -2.11. The first-order chi connectivity index (χ1) is 14.5. The molecule has 154 valence electrons. The molecule has 0 saturated heterocycles. The number of carbonyl (C=O) groups is 1. The highest BCUT2D eigenvalue weighted by Gasteiger charge is 2.06. The van der Waals surface area contributed by atoms with E-state index in [9.17, 15) is 4.79 Å². The van der Waals surface area contributed by atoms with Crippen LogP contribution in [0.4, 0.5) is 0 Å². The summed E-state index contributed by atoms with van der Waals surface area (Å²) in [4.78, 5) is 12.0. The largest absolute Gasteiger partial charge is 0.493 e. The molecule has 3 aromatic carbocycles. The number of halogens is 1. The number of rotatable bonds is 8. The fraction of sp³-hybridized carbons (Fsp3) is 0.167. The fourth-order valence-corrected chi connectivity index (χ4v) is 2.86. The van der Waals surface area contributed by atoms with Crippen molar-refractivity contribution in [2.75, 3.05) is 7.11 Å². The molecule has 0 aliphatic heterocycles. The fourth-order valence-electron chi connectivity index (χ4n) is 2.74. The molecule has 1 N–H and O–H groups in total. The van der Waals surface area contributed by atoms with Crippen molar-refractivity contribution in [2.45, 2.75) is 20.0 Å². The van der Waals surface area contributed by atoms with E-state index in [0.717, 1.165) is 16.7 Å². The predicted octanol–water partition coefficient (Wildman–Crippen LogP) is 4.93. The van der Waals surface area contributed by atoms with Gasteiger partial charge in [0, 0.05) is 5.02 Å². The van der Waals surface area contributed by atoms with Gasteiger partial charge in [0.15, 0.2) is 11.5 Å². The van der Waals surface area contributed by atoms with Crippen molar-refractivity contribution in [3.05, 3.63) is 94.0 Å². The summed E-state index contributed by atoms with van der Waals surface area (Å²) in [5.74, 6) is 1.03. The summed E-state index contributed by atoms with van der Waals surface area (Å²) in [6.45, 7) is 2.50. The van der Waals surface area contributed by atoms with Gasteiger partial charge in [-0.2, -0.15) is 5.10 Å². The highest BCUT2D eigenvalue weighted by molar-refractivity contribution is 6.30. The zero-order valence-corrected chi connectivity index (χ0v) is 17.6. The van der Waals surface area contributed by atoms with Gasteiger partial charge in [-0.3, -0.25) is 4.79 Å². The van der Waals surface area contributed by atoms with Crippen LogP contribution in [0.5, 0.6) is 11.5 Å². The van der Waals surface area contributed by atoms with Gasteiger partial charge in [-0.25, -0.2) is 5.43 Å². The van der Waals surface area contributed by atoms with E-state index in [2.05, 4.69) is 22.7 Å². The van der Waals surface area contributed by atoms with E-state index >= 15 is 0 Å². The number of hydrogen-bond acceptors (Lipinski definition) is 4. The molecule has 0 unspecified atom stereocenters. The van der Waals surface area contributed by atoms with Gasteiger partial charge < -0.3 is 9.47 Å². The summed E-state index contributed by atoms with van der Waals surface area (Å²) >= 11 is 5.85. The van der Waals surface area contributed by atoms with Crippen LogP contribution in [0.25, 0.3) is 0 Å². The minimum absolute atomic E-state index is 0.210. The van der Waals surface area contributed by atoms with E-state index in [4.69, 9.17) is 21.1 Å². The molecular weight excluding hydrogens is 400 g/mol. The van der Waals surface area contributed by atoms with Crippen molar-refractivity contribution in [2.24, 2.45) is 5.10 Å². The minimum Gasteiger partial charge on any atom is -0.493 e. The molecule has 6 heteroatoms. The summed E-state index contributed by atoms with van der Waals surface area (Å²) < 4.78 is 11.3. The van der Waals surface area contributed by atoms with Crippen LogP contribution in [0.1, 0.15) is 22.3 Å². The highest BCUT2D eigenvalue weighted by atomic mass is 35.5. The SMILES string of the molecule is COc1cc(/C=N\NC(=O)Cc2ccc(Cl)cc2)ccc1OCc1ccc(C)cc1. The number of amides is 1. The lowest BCUT2D eigenvalue weighted by molar-refractivity contribution is -0.120. The molecule has 0 radical (unpaired) electrons. The molecule has 0 bridgehead atoms. The Bertz CT molecular complexity index is 1020. The first-order valence-electron chi connectivity index (χ1n) is 9.46. The van der Waals surface area contributed by atoms with E-state index in [1.54, 1.807) is 31.5 Å². The normalized spacial score (nSPS) is 10.8. The number of carbonyl (C=O) groups excluding carboxylic acids is 1. The molecule has 0 aliphatic carbocycles. The minimum atomic E-state index is -0.210. The molecule has 0 spiro atoms. The maximum atomic E-state index is 12.0. The van der Waals surface area contributed by atoms with Crippen LogP contribution >= 0.6 is 11.6 Å². The van der Waals surface area contributed by atoms with Crippen LogP contribution in [0.2, 0.25) is 5.02 Å². The second kappa shape index (κ2) is 10.5. The second-order valence-corrected chi connectivity index (χ2v) is 7.22. The first kappa shape index (κ1) is 21.4. The van der Waals surface area contributed by atoms with Gasteiger partial charge in [-0.15, -0.1) is 0 Å². The third-order valence-electron chi connectivity index (χ3n) is 4.38. The third kappa shape index (κ3) is 6.36. The van der Waals surface area contributed by atoms with Crippen molar-refractivity contribution in [1.82, 2.24) is 5.43 Å². The molecule has 0 aliphatic rings. The van der Waals surface area contributed by atoms with E-state index in [1.807, 2.05) is 43.3 Å². The number of hydrogen-bond donors (Lipinski definition) is 1.